The van der Waals surface area contributed by atoms with Crippen molar-refractivity contribution in [2.24, 2.45) is 0 Å². The lowest BCUT2D eigenvalue weighted by Crippen LogP contribution is -2.45. The number of halogens is 6. The summed E-state index contributed by atoms with van der Waals surface area (Å²) in [5.41, 5.74) is -2.56. The maximum absolute atomic E-state index is 15.1. The van der Waals surface area contributed by atoms with Crippen molar-refractivity contribution in [1.82, 2.24) is 14.5 Å². The summed E-state index contributed by atoms with van der Waals surface area (Å²) in [6.07, 6.45) is -5.42. The van der Waals surface area contributed by atoms with Crippen LogP contribution in [0.2, 0.25) is 5.02 Å². The molecule has 3 heterocycles. The van der Waals surface area contributed by atoms with Crippen LogP contribution in [0.5, 0.6) is 0 Å². The Hall–Kier alpha value is -2.41. The third kappa shape index (κ3) is 4.68. The van der Waals surface area contributed by atoms with Gasteiger partial charge in [-0.3, -0.25) is 4.57 Å². The van der Waals surface area contributed by atoms with E-state index in [1.54, 1.807) is 4.90 Å². The van der Waals surface area contributed by atoms with Crippen molar-refractivity contribution >= 4 is 40.1 Å². The number of thioether (sulfide) groups is 1. The number of likely N-dealkylation sites (N-methyl/N-ethyl adjacent to an activating group) is 1. The first-order valence-electron chi connectivity index (χ1n) is 11.4. The normalized spacial score (nSPS) is 18.9. The van der Waals surface area contributed by atoms with Gasteiger partial charge in [-0.05, 0) is 19.2 Å². The number of methoxy groups -OCH3 is 1. The van der Waals surface area contributed by atoms with Gasteiger partial charge in [0.05, 0.1) is 28.8 Å². The predicted octanol–water partition coefficient (Wildman–Crippen LogP) is 4.89. The van der Waals surface area contributed by atoms with E-state index in [1.807, 2.05) is 7.05 Å². The molecule has 6 nitrogen and oxygen atoms in total. The number of rotatable bonds is 3. The first-order chi connectivity index (χ1) is 17.5. The number of alkyl halides is 3. The van der Waals surface area contributed by atoms with Crippen molar-refractivity contribution in [2.75, 3.05) is 51.0 Å². The minimum Gasteiger partial charge on any atom is -0.379 e. The summed E-state index contributed by atoms with van der Waals surface area (Å²) in [5, 5.41) is -0.386. The SMILES string of the molecule is COC1CSc2c(-c3cc(Cl)c(F)cc3F)c(C(F)(F)F)cc3c(N4CCN(C)CC4)nc(=O)n(c23)C1. The van der Waals surface area contributed by atoms with Crippen LogP contribution in [0.25, 0.3) is 22.0 Å². The molecule has 3 aromatic rings. The molecule has 1 fully saturated rings. The fourth-order valence-corrected chi connectivity index (χ4v) is 6.22. The van der Waals surface area contributed by atoms with Crippen LogP contribution in [0, 0.1) is 11.6 Å². The zero-order valence-corrected chi connectivity index (χ0v) is 21.4. The summed E-state index contributed by atoms with van der Waals surface area (Å²) in [6, 6.07) is 2.22. The lowest BCUT2D eigenvalue weighted by atomic mass is 9.95. The Kier molecular flexibility index (Phi) is 6.88. The largest absolute Gasteiger partial charge is 0.417 e. The fourth-order valence-electron chi connectivity index (χ4n) is 4.74. The second kappa shape index (κ2) is 9.72. The molecular formula is C24H22ClF5N4O2S. The summed E-state index contributed by atoms with van der Waals surface area (Å²) in [5.74, 6) is -1.94. The fraction of sp³-hybridized carbons (Fsp3) is 0.417. The van der Waals surface area contributed by atoms with E-state index < -0.39 is 51.3 Å². The molecule has 0 radical (unpaired) electrons. The van der Waals surface area contributed by atoms with E-state index in [9.17, 15) is 22.4 Å². The lowest BCUT2D eigenvalue weighted by molar-refractivity contribution is -0.137. The number of benzene rings is 2. The van der Waals surface area contributed by atoms with Crippen LogP contribution >= 0.6 is 23.4 Å². The smallest absolute Gasteiger partial charge is 0.379 e. The topological polar surface area (TPSA) is 50.6 Å². The van der Waals surface area contributed by atoms with Crippen molar-refractivity contribution < 1.29 is 26.7 Å². The molecule has 2 aliphatic rings. The van der Waals surface area contributed by atoms with E-state index in [1.165, 1.54) is 11.7 Å². The van der Waals surface area contributed by atoms with Gasteiger partial charge in [0.15, 0.2) is 0 Å². The number of piperazine rings is 1. The highest BCUT2D eigenvalue weighted by atomic mass is 35.5. The van der Waals surface area contributed by atoms with Crippen LogP contribution in [0.3, 0.4) is 0 Å². The van der Waals surface area contributed by atoms with Crippen molar-refractivity contribution in [1.29, 1.82) is 0 Å². The van der Waals surface area contributed by atoms with Crippen LogP contribution in [0.4, 0.5) is 27.8 Å². The highest BCUT2D eigenvalue weighted by Crippen LogP contribution is 2.49. The number of aromatic nitrogens is 2. The maximum atomic E-state index is 15.1. The Morgan fingerprint density at radius 1 is 1.11 bits per heavy atom. The molecule has 1 atom stereocenters. The number of ether oxygens (including phenoxy) is 1. The minimum atomic E-state index is -4.90. The third-order valence-corrected chi connectivity index (χ3v) is 8.23. The summed E-state index contributed by atoms with van der Waals surface area (Å²) in [6.45, 7) is 2.28. The predicted molar refractivity (Wildman–Crippen MR) is 133 cm³/mol. The molecule has 198 valence electrons. The van der Waals surface area contributed by atoms with Crippen LogP contribution in [0.15, 0.2) is 27.9 Å². The molecule has 37 heavy (non-hydrogen) atoms. The van der Waals surface area contributed by atoms with E-state index >= 15 is 4.39 Å². The number of anilines is 1. The second-order valence-electron chi connectivity index (χ2n) is 9.06. The van der Waals surface area contributed by atoms with Gasteiger partial charge in [-0.2, -0.15) is 18.2 Å². The first kappa shape index (κ1) is 26.2. The van der Waals surface area contributed by atoms with Gasteiger partial charge in [0, 0.05) is 66.5 Å². The summed E-state index contributed by atoms with van der Waals surface area (Å²) in [7, 11) is 3.37. The molecule has 13 heteroatoms. The lowest BCUT2D eigenvalue weighted by Gasteiger charge is -2.34. The van der Waals surface area contributed by atoms with Crippen LogP contribution < -0.4 is 10.6 Å². The third-order valence-electron chi connectivity index (χ3n) is 6.72. The summed E-state index contributed by atoms with van der Waals surface area (Å²) in [4.78, 5) is 21.4. The van der Waals surface area contributed by atoms with Gasteiger partial charge >= 0.3 is 11.9 Å². The second-order valence-corrected chi connectivity index (χ2v) is 10.5. The first-order valence-corrected chi connectivity index (χ1v) is 12.8. The quantitative estimate of drug-likeness (QED) is 0.336. The molecule has 0 amide bonds. The Labute approximate surface area is 218 Å². The van der Waals surface area contributed by atoms with Crippen LogP contribution in [0.1, 0.15) is 5.56 Å². The van der Waals surface area contributed by atoms with Gasteiger partial charge in [0.1, 0.15) is 17.5 Å². The molecule has 0 N–H and O–H groups in total. The highest BCUT2D eigenvalue weighted by molar-refractivity contribution is 7.99. The van der Waals surface area contributed by atoms with Gasteiger partial charge in [-0.25, -0.2) is 13.6 Å². The molecule has 2 aliphatic heterocycles. The highest BCUT2D eigenvalue weighted by Gasteiger charge is 2.39. The number of hydrogen-bond acceptors (Lipinski definition) is 6. The van der Waals surface area contributed by atoms with Gasteiger partial charge < -0.3 is 14.5 Å². The molecule has 0 bridgehead atoms. The van der Waals surface area contributed by atoms with E-state index in [4.69, 9.17) is 16.3 Å². The molecule has 0 saturated carbocycles. The molecule has 5 rings (SSSR count). The molecule has 0 aliphatic carbocycles. The molecular weight excluding hydrogens is 539 g/mol. The van der Waals surface area contributed by atoms with E-state index in [-0.39, 0.29) is 33.9 Å². The Bertz CT molecular complexity index is 1440. The van der Waals surface area contributed by atoms with Crippen LogP contribution in [-0.4, -0.2) is 66.6 Å². The zero-order valence-electron chi connectivity index (χ0n) is 19.8. The Morgan fingerprint density at radius 2 is 1.81 bits per heavy atom. The van der Waals surface area contributed by atoms with E-state index in [0.717, 1.165) is 23.9 Å². The standard InChI is InChI=1S/C24H22ClF5N4O2S/c1-32-3-5-33(6-4-32)22-14-7-15(24(28,29)30)19(13-8-16(25)18(27)9-17(13)26)21-20(14)34(23(35)31-22)10-12(36-2)11-37-21/h7-9,12H,3-6,10-11H2,1-2H3. The van der Waals surface area contributed by atoms with Crippen molar-refractivity contribution in [3.63, 3.8) is 0 Å². The molecule has 1 aromatic heterocycles. The van der Waals surface area contributed by atoms with Crippen molar-refractivity contribution in [2.45, 2.75) is 23.7 Å². The average Bonchev–Trinajstić information content (AvgIpc) is 3.04. The van der Waals surface area contributed by atoms with E-state index in [2.05, 4.69) is 9.88 Å². The minimum absolute atomic E-state index is 0.0424. The summed E-state index contributed by atoms with van der Waals surface area (Å²) < 4.78 is 79.5. The monoisotopic (exact) mass is 560 g/mol. The molecule has 1 saturated heterocycles. The molecule has 0 spiro atoms. The Morgan fingerprint density at radius 3 is 2.46 bits per heavy atom. The van der Waals surface area contributed by atoms with Gasteiger partial charge in [-0.15, -0.1) is 11.8 Å². The van der Waals surface area contributed by atoms with Crippen molar-refractivity contribution in [3.8, 4) is 11.1 Å². The summed E-state index contributed by atoms with van der Waals surface area (Å²) >= 11 is 6.90. The molecule has 1 unspecified atom stereocenters. The van der Waals surface area contributed by atoms with Crippen LogP contribution in [-0.2, 0) is 17.5 Å². The van der Waals surface area contributed by atoms with Crippen molar-refractivity contribution in [3.05, 3.63) is 50.9 Å². The van der Waals surface area contributed by atoms with E-state index in [0.29, 0.717) is 32.2 Å². The average molecular weight is 561 g/mol. The maximum Gasteiger partial charge on any atom is 0.417 e. The molecule has 2 aromatic carbocycles. The van der Waals surface area contributed by atoms with Gasteiger partial charge in [0.25, 0.3) is 0 Å². The van der Waals surface area contributed by atoms with Gasteiger partial charge in [-0.1, -0.05) is 11.6 Å². The van der Waals surface area contributed by atoms with Gasteiger partial charge in [0.2, 0.25) is 0 Å². The Balaban J connectivity index is 1.91. The number of nitrogens with zero attached hydrogens (tertiary/aromatic N) is 4. The zero-order chi connectivity index (χ0) is 26.6. The number of hydrogen-bond donors (Lipinski definition) is 0.